The van der Waals surface area contributed by atoms with E-state index in [0.717, 1.165) is 0 Å². The Morgan fingerprint density at radius 3 is 2.29 bits per heavy atom. The molecule has 2 amide bonds. The van der Waals surface area contributed by atoms with Crippen LogP contribution in [0.1, 0.15) is 5.69 Å². The number of thiazole rings is 1. The Hall–Kier alpha value is -2.42. The van der Waals surface area contributed by atoms with Crippen molar-refractivity contribution in [2.75, 3.05) is 16.4 Å². The second-order valence-electron chi connectivity index (χ2n) is 5.68. The van der Waals surface area contributed by atoms with Crippen LogP contribution in [-0.4, -0.2) is 22.6 Å². The van der Waals surface area contributed by atoms with Crippen LogP contribution in [0.3, 0.4) is 0 Å². The van der Waals surface area contributed by atoms with E-state index in [2.05, 4.69) is 15.6 Å². The van der Waals surface area contributed by atoms with Crippen molar-refractivity contribution in [1.82, 2.24) is 4.98 Å². The molecule has 0 aliphatic carbocycles. The Morgan fingerprint density at radius 1 is 1.00 bits per heavy atom. The van der Waals surface area contributed by atoms with E-state index in [-0.39, 0.29) is 29.8 Å². The lowest BCUT2D eigenvalue weighted by molar-refractivity contribution is -0.116. The van der Waals surface area contributed by atoms with Crippen LogP contribution >= 0.6 is 34.7 Å². The van der Waals surface area contributed by atoms with Crippen LogP contribution in [0.4, 0.5) is 15.8 Å². The zero-order valence-electron chi connectivity index (χ0n) is 14.4. The first kappa shape index (κ1) is 20.3. The molecule has 0 bridgehead atoms. The molecule has 3 rings (SSSR count). The number of nitrogens with one attached hydrogen (secondary N) is 2. The second-order valence-corrected chi connectivity index (χ2v) is 8.20. The van der Waals surface area contributed by atoms with Crippen molar-refractivity contribution in [2.45, 2.75) is 10.8 Å². The Balaban J connectivity index is 1.45. The van der Waals surface area contributed by atoms with Crippen LogP contribution in [0.5, 0.6) is 0 Å². The summed E-state index contributed by atoms with van der Waals surface area (Å²) in [4.78, 5) is 28.4. The molecule has 9 heteroatoms. The highest BCUT2D eigenvalue weighted by molar-refractivity contribution is 8.01. The number of amides is 2. The van der Waals surface area contributed by atoms with Gasteiger partial charge in [-0.2, -0.15) is 0 Å². The third-order valence-corrected chi connectivity index (χ3v) is 5.78. The number of anilines is 2. The summed E-state index contributed by atoms with van der Waals surface area (Å²) in [5.41, 5.74) is 1.83. The molecule has 0 aliphatic heterocycles. The maximum Gasteiger partial charge on any atom is 0.234 e. The summed E-state index contributed by atoms with van der Waals surface area (Å²) in [5.74, 6) is -0.587. The number of carbonyl (C=O) groups is 2. The van der Waals surface area contributed by atoms with Gasteiger partial charge in [0, 0.05) is 21.8 Å². The first-order chi connectivity index (χ1) is 13.5. The molecule has 1 heterocycles. The third-order valence-electron chi connectivity index (χ3n) is 3.46. The van der Waals surface area contributed by atoms with Crippen molar-refractivity contribution >= 4 is 57.9 Å². The van der Waals surface area contributed by atoms with E-state index in [4.69, 9.17) is 11.6 Å². The number of hydrogen-bond donors (Lipinski definition) is 2. The Morgan fingerprint density at radius 2 is 1.61 bits per heavy atom. The highest BCUT2D eigenvalue weighted by Crippen LogP contribution is 2.23. The zero-order chi connectivity index (χ0) is 19.9. The van der Waals surface area contributed by atoms with Gasteiger partial charge in [-0.25, -0.2) is 9.37 Å². The van der Waals surface area contributed by atoms with Gasteiger partial charge in [-0.1, -0.05) is 23.4 Å². The molecule has 5 nitrogen and oxygen atoms in total. The fourth-order valence-corrected chi connectivity index (χ4v) is 3.97. The molecule has 0 aliphatic rings. The standard InChI is InChI=1S/C19H15ClFN3O2S2/c20-12-1-5-14(6-2-12)22-17(25)9-16-10-27-19(24-16)28-11-18(26)23-15-7-3-13(21)4-8-15/h1-8,10H,9,11H2,(H,22,25)(H,23,26). The molecule has 0 unspecified atom stereocenters. The number of halogens is 2. The molecule has 0 fully saturated rings. The molecule has 1 aromatic heterocycles. The largest absolute Gasteiger partial charge is 0.326 e. The third kappa shape index (κ3) is 6.33. The van der Waals surface area contributed by atoms with Crippen LogP contribution in [0.15, 0.2) is 58.3 Å². The topological polar surface area (TPSA) is 71.1 Å². The summed E-state index contributed by atoms with van der Waals surface area (Å²) >= 11 is 8.47. The van der Waals surface area contributed by atoms with Crippen molar-refractivity contribution in [2.24, 2.45) is 0 Å². The smallest absolute Gasteiger partial charge is 0.234 e. The summed E-state index contributed by atoms with van der Waals surface area (Å²) in [6.45, 7) is 0. The number of rotatable bonds is 7. The van der Waals surface area contributed by atoms with E-state index in [9.17, 15) is 14.0 Å². The van der Waals surface area contributed by atoms with E-state index in [1.807, 2.05) is 0 Å². The van der Waals surface area contributed by atoms with E-state index in [1.54, 1.807) is 29.6 Å². The van der Waals surface area contributed by atoms with Gasteiger partial charge in [0.2, 0.25) is 11.8 Å². The summed E-state index contributed by atoms with van der Waals surface area (Å²) < 4.78 is 13.6. The van der Waals surface area contributed by atoms with E-state index in [0.29, 0.717) is 26.4 Å². The van der Waals surface area contributed by atoms with Gasteiger partial charge in [0.1, 0.15) is 5.82 Å². The molecule has 2 aromatic carbocycles. The zero-order valence-corrected chi connectivity index (χ0v) is 16.8. The van der Waals surface area contributed by atoms with Gasteiger partial charge in [-0.15, -0.1) is 11.3 Å². The lowest BCUT2D eigenvalue weighted by Crippen LogP contribution is -2.14. The predicted octanol–water partition coefficient (Wildman–Crippen LogP) is 4.85. The Kier molecular flexibility index (Phi) is 7.02. The average Bonchev–Trinajstić information content (AvgIpc) is 3.11. The van der Waals surface area contributed by atoms with Crippen LogP contribution in [0, 0.1) is 5.82 Å². The van der Waals surface area contributed by atoms with Gasteiger partial charge in [-0.3, -0.25) is 9.59 Å². The van der Waals surface area contributed by atoms with Crippen LogP contribution < -0.4 is 10.6 Å². The monoisotopic (exact) mass is 435 g/mol. The van der Waals surface area contributed by atoms with E-state index in [1.165, 1.54) is 47.4 Å². The quantitative estimate of drug-likeness (QED) is 0.520. The number of benzene rings is 2. The predicted molar refractivity (Wildman–Crippen MR) is 112 cm³/mol. The molecular formula is C19H15ClFN3O2S2. The fourth-order valence-electron chi connectivity index (χ4n) is 2.20. The second kappa shape index (κ2) is 9.68. The molecule has 144 valence electrons. The average molecular weight is 436 g/mol. The molecule has 2 N–H and O–H groups in total. The Labute approximate surface area is 174 Å². The van der Waals surface area contributed by atoms with Crippen LogP contribution in [0.25, 0.3) is 0 Å². The maximum absolute atomic E-state index is 12.9. The van der Waals surface area contributed by atoms with Gasteiger partial charge in [0.25, 0.3) is 0 Å². The number of nitrogens with zero attached hydrogens (tertiary/aromatic N) is 1. The van der Waals surface area contributed by atoms with E-state index < -0.39 is 0 Å². The summed E-state index contributed by atoms with van der Waals surface area (Å²) in [6, 6.07) is 12.4. The van der Waals surface area contributed by atoms with Gasteiger partial charge < -0.3 is 10.6 Å². The van der Waals surface area contributed by atoms with Crippen molar-refractivity contribution < 1.29 is 14.0 Å². The molecule has 0 atom stereocenters. The highest BCUT2D eigenvalue weighted by Gasteiger charge is 2.10. The molecule has 0 saturated heterocycles. The van der Waals surface area contributed by atoms with Gasteiger partial charge in [0.15, 0.2) is 4.34 Å². The number of hydrogen-bond acceptors (Lipinski definition) is 5. The summed E-state index contributed by atoms with van der Waals surface area (Å²) in [7, 11) is 0. The SMILES string of the molecule is O=C(CSc1nc(CC(=O)Nc2ccc(Cl)cc2)cs1)Nc1ccc(F)cc1. The first-order valence-electron chi connectivity index (χ1n) is 8.16. The molecule has 0 radical (unpaired) electrons. The molecule has 28 heavy (non-hydrogen) atoms. The molecule has 3 aromatic rings. The number of aromatic nitrogens is 1. The fraction of sp³-hybridized carbons (Fsp3) is 0.105. The van der Waals surface area contributed by atoms with Crippen LogP contribution in [-0.2, 0) is 16.0 Å². The minimum absolute atomic E-state index is 0.140. The lowest BCUT2D eigenvalue weighted by Gasteiger charge is -2.04. The van der Waals surface area contributed by atoms with E-state index >= 15 is 0 Å². The van der Waals surface area contributed by atoms with Crippen LogP contribution in [0.2, 0.25) is 5.02 Å². The minimum atomic E-state index is -0.359. The molecule has 0 spiro atoms. The maximum atomic E-state index is 12.9. The summed E-state index contributed by atoms with van der Waals surface area (Å²) in [5, 5.41) is 7.86. The van der Waals surface area contributed by atoms with Gasteiger partial charge >= 0.3 is 0 Å². The van der Waals surface area contributed by atoms with Crippen molar-refractivity contribution in [3.8, 4) is 0 Å². The normalized spacial score (nSPS) is 10.5. The summed E-state index contributed by atoms with van der Waals surface area (Å²) in [6.07, 6.45) is 0.140. The molecule has 0 saturated carbocycles. The van der Waals surface area contributed by atoms with Gasteiger partial charge in [0.05, 0.1) is 17.9 Å². The number of thioether (sulfide) groups is 1. The van der Waals surface area contributed by atoms with Crippen molar-refractivity contribution in [3.63, 3.8) is 0 Å². The van der Waals surface area contributed by atoms with Crippen molar-refractivity contribution in [3.05, 3.63) is 70.4 Å². The first-order valence-corrected chi connectivity index (χ1v) is 10.4. The number of carbonyl (C=O) groups excluding carboxylic acids is 2. The Bertz CT molecular complexity index is 962. The van der Waals surface area contributed by atoms with Crippen molar-refractivity contribution in [1.29, 1.82) is 0 Å². The highest BCUT2D eigenvalue weighted by atomic mass is 35.5. The van der Waals surface area contributed by atoms with Gasteiger partial charge in [-0.05, 0) is 48.5 Å². The lowest BCUT2D eigenvalue weighted by atomic mass is 10.3. The molecular weight excluding hydrogens is 421 g/mol. The minimum Gasteiger partial charge on any atom is -0.326 e.